The molecule has 104 valence electrons. The molecule has 0 aliphatic carbocycles. The molecule has 0 bridgehead atoms. The maximum Gasteiger partial charge on any atom is 0.142 e. The van der Waals surface area contributed by atoms with E-state index in [2.05, 4.69) is 28.4 Å². The number of rotatable bonds is 4. The van der Waals surface area contributed by atoms with Crippen LogP contribution in [0.5, 0.6) is 5.75 Å². The Morgan fingerprint density at radius 3 is 2.89 bits per heavy atom. The monoisotopic (exact) mass is 262 g/mol. The van der Waals surface area contributed by atoms with Crippen LogP contribution in [0.25, 0.3) is 0 Å². The minimum atomic E-state index is 0.552. The van der Waals surface area contributed by atoms with Gasteiger partial charge in [0, 0.05) is 38.7 Å². The van der Waals surface area contributed by atoms with Crippen molar-refractivity contribution in [2.75, 3.05) is 50.9 Å². The second-order valence-corrected chi connectivity index (χ2v) is 5.25. The Morgan fingerprint density at radius 2 is 2.11 bits per heavy atom. The van der Waals surface area contributed by atoms with Gasteiger partial charge < -0.3 is 19.7 Å². The van der Waals surface area contributed by atoms with Gasteiger partial charge in [-0.15, -0.1) is 0 Å². The second kappa shape index (κ2) is 6.26. The van der Waals surface area contributed by atoms with Crippen molar-refractivity contribution < 1.29 is 9.47 Å². The third-order valence-corrected chi connectivity index (χ3v) is 3.82. The number of hydrogen-bond acceptors (Lipinski definition) is 4. The van der Waals surface area contributed by atoms with Gasteiger partial charge in [0.1, 0.15) is 5.75 Å². The molecule has 2 fully saturated rings. The Labute approximate surface area is 114 Å². The van der Waals surface area contributed by atoms with Crippen molar-refractivity contribution >= 4 is 5.69 Å². The molecule has 2 saturated heterocycles. The van der Waals surface area contributed by atoms with Crippen LogP contribution in [-0.2, 0) is 4.74 Å². The highest BCUT2D eigenvalue weighted by Crippen LogP contribution is 2.29. The van der Waals surface area contributed by atoms with Crippen molar-refractivity contribution in [1.29, 1.82) is 0 Å². The van der Waals surface area contributed by atoms with Crippen molar-refractivity contribution in [3.8, 4) is 5.75 Å². The van der Waals surface area contributed by atoms with Crippen LogP contribution in [0.4, 0.5) is 5.69 Å². The lowest BCUT2D eigenvalue weighted by molar-refractivity contribution is 0.167. The first-order valence-corrected chi connectivity index (χ1v) is 7.19. The topological polar surface area (TPSA) is 33.7 Å². The van der Waals surface area contributed by atoms with E-state index in [0.29, 0.717) is 5.92 Å². The third kappa shape index (κ3) is 3.19. The van der Waals surface area contributed by atoms with Crippen LogP contribution in [0.2, 0.25) is 0 Å². The number of anilines is 1. The largest absolute Gasteiger partial charge is 0.491 e. The summed E-state index contributed by atoms with van der Waals surface area (Å²) in [4.78, 5) is 2.40. The molecule has 2 heterocycles. The first kappa shape index (κ1) is 12.8. The lowest BCUT2D eigenvalue weighted by atomic mass is 10.1. The average Bonchev–Trinajstić information content (AvgIpc) is 3.00. The maximum absolute atomic E-state index is 6.03. The molecule has 1 N–H and O–H groups in total. The molecule has 1 atom stereocenters. The normalized spacial score (nSPS) is 23.6. The van der Waals surface area contributed by atoms with E-state index < -0.39 is 0 Å². The molecule has 3 rings (SSSR count). The average molecular weight is 262 g/mol. The Bertz CT molecular complexity index is 399. The van der Waals surface area contributed by atoms with Gasteiger partial charge in [0.25, 0.3) is 0 Å². The molecule has 4 nitrogen and oxygen atoms in total. The van der Waals surface area contributed by atoms with Crippen LogP contribution in [0.3, 0.4) is 0 Å². The minimum absolute atomic E-state index is 0.552. The van der Waals surface area contributed by atoms with Crippen LogP contribution in [0, 0.1) is 5.92 Å². The lowest BCUT2D eigenvalue weighted by Crippen LogP contribution is -2.43. The van der Waals surface area contributed by atoms with E-state index in [1.54, 1.807) is 0 Å². The Morgan fingerprint density at radius 1 is 1.26 bits per heavy atom. The number of nitrogens with zero attached hydrogens (tertiary/aromatic N) is 1. The zero-order valence-corrected chi connectivity index (χ0v) is 11.3. The molecule has 1 unspecified atom stereocenters. The second-order valence-electron chi connectivity index (χ2n) is 5.25. The smallest absolute Gasteiger partial charge is 0.142 e. The molecule has 1 aromatic carbocycles. The SMILES string of the molecule is c1ccc(N2CCNCC2)c(OCC2CCOC2)c1. The van der Waals surface area contributed by atoms with E-state index in [4.69, 9.17) is 9.47 Å². The molecule has 0 spiro atoms. The number of ether oxygens (including phenoxy) is 2. The van der Waals surface area contributed by atoms with Crippen LogP contribution in [-0.4, -0.2) is 46.0 Å². The first-order valence-electron chi connectivity index (χ1n) is 7.19. The molecule has 1 aromatic rings. The van der Waals surface area contributed by atoms with Crippen molar-refractivity contribution in [2.24, 2.45) is 5.92 Å². The molecule has 0 aromatic heterocycles. The molecule has 0 amide bonds. The summed E-state index contributed by atoms with van der Waals surface area (Å²) in [5.74, 6) is 1.56. The molecule has 19 heavy (non-hydrogen) atoms. The zero-order chi connectivity index (χ0) is 12.9. The van der Waals surface area contributed by atoms with Gasteiger partial charge in [-0.05, 0) is 18.6 Å². The van der Waals surface area contributed by atoms with Gasteiger partial charge in [-0.2, -0.15) is 0 Å². The Balaban J connectivity index is 1.65. The molecule has 2 aliphatic rings. The Hall–Kier alpha value is -1.26. The Kier molecular flexibility index (Phi) is 4.20. The lowest BCUT2D eigenvalue weighted by Gasteiger charge is -2.31. The highest BCUT2D eigenvalue weighted by Gasteiger charge is 2.18. The highest BCUT2D eigenvalue weighted by atomic mass is 16.5. The third-order valence-electron chi connectivity index (χ3n) is 3.82. The maximum atomic E-state index is 6.03. The molecular formula is C15H22N2O2. The van der Waals surface area contributed by atoms with Crippen molar-refractivity contribution in [3.05, 3.63) is 24.3 Å². The molecule has 0 saturated carbocycles. The molecular weight excluding hydrogens is 240 g/mol. The summed E-state index contributed by atoms with van der Waals surface area (Å²) < 4.78 is 11.4. The number of piperazine rings is 1. The summed E-state index contributed by atoms with van der Waals surface area (Å²) in [6.07, 6.45) is 1.12. The summed E-state index contributed by atoms with van der Waals surface area (Å²) in [6.45, 7) is 6.68. The summed E-state index contributed by atoms with van der Waals surface area (Å²) in [6, 6.07) is 8.37. The van der Waals surface area contributed by atoms with E-state index in [0.717, 1.165) is 58.2 Å². The van der Waals surface area contributed by atoms with Gasteiger partial charge in [-0.3, -0.25) is 0 Å². The van der Waals surface area contributed by atoms with Crippen molar-refractivity contribution in [3.63, 3.8) is 0 Å². The molecule has 4 heteroatoms. The van der Waals surface area contributed by atoms with Crippen LogP contribution in [0.15, 0.2) is 24.3 Å². The van der Waals surface area contributed by atoms with Crippen LogP contribution >= 0.6 is 0 Å². The van der Waals surface area contributed by atoms with Gasteiger partial charge in [-0.1, -0.05) is 12.1 Å². The van der Waals surface area contributed by atoms with E-state index in [-0.39, 0.29) is 0 Å². The summed E-state index contributed by atoms with van der Waals surface area (Å²) in [7, 11) is 0. The fourth-order valence-corrected chi connectivity index (χ4v) is 2.67. The highest BCUT2D eigenvalue weighted by molar-refractivity contribution is 5.58. The fraction of sp³-hybridized carbons (Fsp3) is 0.600. The van der Waals surface area contributed by atoms with Crippen LogP contribution in [0.1, 0.15) is 6.42 Å². The number of para-hydroxylation sites is 2. The van der Waals surface area contributed by atoms with Gasteiger partial charge in [0.2, 0.25) is 0 Å². The summed E-state index contributed by atoms with van der Waals surface area (Å²) in [5, 5.41) is 3.38. The van der Waals surface area contributed by atoms with E-state index in [1.165, 1.54) is 5.69 Å². The zero-order valence-electron chi connectivity index (χ0n) is 11.3. The van der Waals surface area contributed by atoms with E-state index >= 15 is 0 Å². The number of hydrogen-bond donors (Lipinski definition) is 1. The number of nitrogens with one attached hydrogen (secondary N) is 1. The van der Waals surface area contributed by atoms with Crippen LogP contribution < -0.4 is 15.0 Å². The van der Waals surface area contributed by atoms with E-state index in [1.807, 2.05) is 6.07 Å². The van der Waals surface area contributed by atoms with Gasteiger partial charge >= 0.3 is 0 Å². The van der Waals surface area contributed by atoms with E-state index in [9.17, 15) is 0 Å². The van der Waals surface area contributed by atoms with Gasteiger partial charge in [0.05, 0.1) is 18.9 Å². The fourth-order valence-electron chi connectivity index (χ4n) is 2.67. The minimum Gasteiger partial charge on any atom is -0.491 e. The summed E-state index contributed by atoms with van der Waals surface area (Å²) >= 11 is 0. The molecule has 0 radical (unpaired) electrons. The predicted octanol–water partition coefficient (Wildman–Crippen LogP) is 1.51. The van der Waals surface area contributed by atoms with Crippen molar-refractivity contribution in [1.82, 2.24) is 5.32 Å². The quantitative estimate of drug-likeness (QED) is 0.892. The first-order chi connectivity index (χ1) is 9.43. The van der Waals surface area contributed by atoms with Gasteiger partial charge in [-0.25, -0.2) is 0 Å². The standard InChI is InChI=1S/C15H22N2O2/c1-2-4-15(19-12-13-5-10-18-11-13)14(3-1)17-8-6-16-7-9-17/h1-4,13,16H,5-12H2. The molecule has 2 aliphatic heterocycles. The summed E-state index contributed by atoms with van der Waals surface area (Å²) in [5.41, 5.74) is 1.22. The number of benzene rings is 1. The predicted molar refractivity (Wildman–Crippen MR) is 75.9 cm³/mol. The van der Waals surface area contributed by atoms with Gasteiger partial charge in [0.15, 0.2) is 0 Å². The van der Waals surface area contributed by atoms with Crippen molar-refractivity contribution in [2.45, 2.75) is 6.42 Å².